The molecule has 4 N–H and O–H groups in total. The predicted molar refractivity (Wildman–Crippen MR) is 94.8 cm³/mol. The number of nitrogens with one attached hydrogen (secondary N) is 2. The van der Waals surface area contributed by atoms with Crippen LogP contribution in [0.25, 0.3) is 0 Å². The Hall–Kier alpha value is -2.95. The van der Waals surface area contributed by atoms with Crippen LogP contribution in [0.3, 0.4) is 0 Å². The minimum Gasteiger partial charge on any atom is -0.445 e. The van der Waals surface area contributed by atoms with Crippen LogP contribution in [0.1, 0.15) is 31.1 Å². The maximum Gasteiger partial charge on any atom is 0.340 e. The van der Waals surface area contributed by atoms with E-state index in [1.807, 2.05) is 0 Å². The highest BCUT2D eigenvalue weighted by Crippen LogP contribution is 2.23. The van der Waals surface area contributed by atoms with Crippen LogP contribution in [0.5, 0.6) is 0 Å². The number of pyridine rings is 1. The van der Waals surface area contributed by atoms with E-state index < -0.39 is 30.9 Å². The number of nitrogens with zero attached hydrogens (tertiary/aromatic N) is 1. The summed E-state index contributed by atoms with van der Waals surface area (Å²) < 4.78 is 54.8. The number of carbonyl (C=O) groups is 2. The van der Waals surface area contributed by atoms with E-state index in [2.05, 4.69) is 20.4 Å². The smallest absolute Gasteiger partial charge is 0.340 e. The Morgan fingerprint density at radius 1 is 1.28 bits per heavy atom. The van der Waals surface area contributed by atoms with Gasteiger partial charge in [0.05, 0.1) is 6.04 Å². The average Bonchev–Trinajstić information content (AvgIpc) is 3.08. The zero-order chi connectivity index (χ0) is 21.8. The van der Waals surface area contributed by atoms with Crippen molar-refractivity contribution in [2.45, 2.75) is 39.2 Å². The van der Waals surface area contributed by atoms with E-state index in [1.54, 1.807) is 26.0 Å². The van der Waals surface area contributed by atoms with E-state index in [0.29, 0.717) is 17.1 Å². The van der Waals surface area contributed by atoms with Gasteiger partial charge in [-0.1, -0.05) is 0 Å². The molecule has 2 amide bonds. The summed E-state index contributed by atoms with van der Waals surface area (Å²) in [6.45, 7) is 3.31. The van der Waals surface area contributed by atoms with Gasteiger partial charge in [0.15, 0.2) is 6.61 Å². The fourth-order valence-corrected chi connectivity index (χ4v) is 2.45. The highest BCUT2D eigenvalue weighted by Gasteiger charge is 2.42. The predicted octanol–water partition coefficient (Wildman–Crippen LogP) is 1.74. The third-order valence-electron chi connectivity index (χ3n) is 3.87. The summed E-state index contributed by atoms with van der Waals surface area (Å²) in [5, 5.41) is 6.48. The van der Waals surface area contributed by atoms with Crippen LogP contribution in [-0.2, 0) is 14.3 Å². The standard InChI is InChI=1S/C18H20F4N4O3/c1-9-6-12(7-14(23-9)25-11(3)27)10(2)24-16(28)13-4-5-15(26-13)29-8-18(21,22)17(19)20/h4-7,10,17,26H,8H2,1-3H3,(H,24,28)(H,23,25,27)/p+1. The number of alkyl halides is 4. The number of aromatic nitrogens is 1. The van der Waals surface area contributed by atoms with Gasteiger partial charge in [0.25, 0.3) is 5.88 Å². The molecule has 0 spiro atoms. The van der Waals surface area contributed by atoms with Gasteiger partial charge in [-0.2, -0.15) is 8.78 Å². The quantitative estimate of drug-likeness (QED) is 0.562. The molecule has 2 heterocycles. The lowest BCUT2D eigenvalue weighted by Gasteiger charge is -2.16. The molecule has 0 aromatic carbocycles. The minimum absolute atomic E-state index is 0.115. The van der Waals surface area contributed by atoms with E-state index in [4.69, 9.17) is 0 Å². The minimum atomic E-state index is -4.28. The zero-order valence-corrected chi connectivity index (χ0v) is 15.9. The van der Waals surface area contributed by atoms with Gasteiger partial charge in [0, 0.05) is 24.8 Å². The van der Waals surface area contributed by atoms with Crippen LogP contribution in [0, 0.1) is 6.92 Å². The summed E-state index contributed by atoms with van der Waals surface area (Å²) in [6, 6.07) is 2.90. The molecule has 1 aliphatic rings. The van der Waals surface area contributed by atoms with Gasteiger partial charge >= 0.3 is 18.3 Å². The molecule has 2 rings (SSSR count). The maximum atomic E-state index is 12.9. The number of halogens is 4. The van der Waals surface area contributed by atoms with E-state index in [0.717, 1.165) is 0 Å². The van der Waals surface area contributed by atoms with Crippen LogP contribution in [-0.4, -0.2) is 35.8 Å². The molecule has 11 heteroatoms. The molecule has 0 saturated heterocycles. The van der Waals surface area contributed by atoms with Crippen molar-refractivity contribution in [1.29, 1.82) is 0 Å². The molecular weight excluding hydrogens is 396 g/mol. The number of allylic oxidation sites excluding steroid dienone is 2. The lowest BCUT2D eigenvalue weighted by Crippen LogP contribution is -2.81. The van der Waals surface area contributed by atoms with Crippen molar-refractivity contribution in [1.82, 2.24) is 10.3 Å². The molecule has 1 atom stereocenters. The van der Waals surface area contributed by atoms with Crippen LogP contribution >= 0.6 is 0 Å². The Balaban J connectivity index is 1.93. The van der Waals surface area contributed by atoms with Crippen LogP contribution in [0.2, 0.25) is 0 Å². The second-order valence-corrected chi connectivity index (χ2v) is 6.49. The number of aryl methyl sites for hydroxylation is 1. The van der Waals surface area contributed by atoms with Crippen molar-refractivity contribution >= 4 is 17.6 Å². The number of carbonyl (C=O) groups excluding carboxylic acids is 2. The normalized spacial score (nSPS) is 14.9. The fraction of sp³-hybridized carbons (Fsp3) is 0.389. The molecular formula is C18H21F4N4O3+. The van der Waals surface area contributed by atoms with Crippen LogP contribution < -0.4 is 16.0 Å². The topological polar surface area (TPSA) is 96.9 Å². The van der Waals surface area contributed by atoms with Gasteiger partial charge in [-0.05, 0) is 31.5 Å². The fourth-order valence-electron chi connectivity index (χ4n) is 2.45. The zero-order valence-electron chi connectivity index (χ0n) is 15.9. The molecule has 1 unspecified atom stereocenters. The highest BCUT2D eigenvalue weighted by atomic mass is 19.3. The van der Waals surface area contributed by atoms with Gasteiger partial charge in [-0.25, -0.2) is 19.1 Å². The van der Waals surface area contributed by atoms with Crippen molar-refractivity contribution in [3.8, 4) is 0 Å². The third-order valence-corrected chi connectivity index (χ3v) is 3.87. The van der Waals surface area contributed by atoms with Crippen molar-refractivity contribution in [3.63, 3.8) is 0 Å². The monoisotopic (exact) mass is 417 g/mol. The Labute approximate surface area is 164 Å². The van der Waals surface area contributed by atoms with Crippen molar-refractivity contribution in [3.05, 3.63) is 47.1 Å². The molecule has 0 aliphatic carbocycles. The summed E-state index contributed by atoms with van der Waals surface area (Å²) in [5.41, 5.74) is 1.45. The molecule has 0 radical (unpaired) electrons. The van der Waals surface area contributed by atoms with Gasteiger partial charge in [0.1, 0.15) is 5.82 Å². The van der Waals surface area contributed by atoms with Gasteiger partial charge in [-0.3, -0.25) is 9.59 Å². The van der Waals surface area contributed by atoms with Gasteiger partial charge in [0.2, 0.25) is 11.6 Å². The molecule has 0 fully saturated rings. The highest BCUT2D eigenvalue weighted by molar-refractivity contribution is 5.91. The number of ether oxygens (including phenoxy) is 1. The third kappa shape index (κ3) is 6.28. The SMILES string of the molecule is CC(=O)Nc1cc(C(C)NC(=O)C2=CC=C(OCC(F)(F)C(F)F)[NH2+]2)cc(C)n1. The lowest BCUT2D eigenvalue weighted by atomic mass is 10.1. The molecule has 0 bridgehead atoms. The first-order valence-corrected chi connectivity index (χ1v) is 8.60. The first-order valence-electron chi connectivity index (χ1n) is 8.60. The van der Waals surface area contributed by atoms with Gasteiger partial charge in [-0.15, -0.1) is 0 Å². The summed E-state index contributed by atoms with van der Waals surface area (Å²) in [5.74, 6) is -4.84. The molecule has 7 nitrogen and oxygen atoms in total. The van der Waals surface area contributed by atoms with E-state index >= 15 is 0 Å². The summed E-state index contributed by atoms with van der Waals surface area (Å²) in [7, 11) is 0. The number of quaternary nitrogens is 1. The van der Waals surface area contributed by atoms with E-state index in [1.165, 1.54) is 24.4 Å². The molecule has 1 aromatic rings. The molecule has 158 valence electrons. The van der Waals surface area contributed by atoms with E-state index in [9.17, 15) is 27.2 Å². The number of hydrogen-bond donors (Lipinski definition) is 3. The Morgan fingerprint density at radius 2 is 1.97 bits per heavy atom. The second-order valence-electron chi connectivity index (χ2n) is 6.49. The second kappa shape index (κ2) is 9.03. The summed E-state index contributed by atoms with van der Waals surface area (Å²) >= 11 is 0. The Kier molecular flexibility index (Phi) is 6.96. The lowest BCUT2D eigenvalue weighted by molar-refractivity contribution is -0.576. The molecule has 1 aromatic heterocycles. The van der Waals surface area contributed by atoms with Crippen LogP contribution in [0.4, 0.5) is 23.4 Å². The first kappa shape index (κ1) is 22.3. The Morgan fingerprint density at radius 3 is 2.59 bits per heavy atom. The number of hydrogen-bond acceptors (Lipinski definition) is 4. The maximum absolute atomic E-state index is 12.9. The Bertz CT molecular complexity index is 856. The average molecular weight is 417 g/mol. The number of anilines is 1. The number of nitrogens with two attached hydrogens (primary N) is 1. The van der Waals surface area contributed by atoms with Crippen molar-refractivity contribution < 1.29 is 37.2 Å². The molecule has 29 heavy (non-hydrogen) atoms. The largest absolute Gasteiger partial charge is 0.445 e. The first-order chi connectivity index (χ1) is 13.5. The van der Waals surface area contributed by atoms with Gasteiger partial charge < -0.3 is 15.4 Å². The summed E-state index contributed by atoms with van der Waals surface area (Å²) in [6.07, 6.45) is -1.27. The van der Waals surface area contributed by atoms with Crippen molar-refractivity contribution in [2.75, 3.05) is 11.9 Å². The summed E-state index contributed by atoms with van der Waals surface area (Å²) in [4.78, 5) is 27.8. The van der Waals surface area contributed by atoms with Crippen LogP contribution in [0.15, 0.2) is 35.9 Å². The van der Waals surface area contributed by atoms with Crippen molar-refractivity contribution in [2.24, 2.45) is 0 Å². The van der Waals surface area contributed by atoms with E-state index in [-0.39, 0.29) is 17.5 Å². The number of rotatable bonds is 8. The molecule has 1 aliphatic heterocycles. The molecule has 0 saturated carbocycles. The number of amides is 2.